The molecular weight excluding hydrogens is 362 g/mol. The van der Waals surface area contributed by atoms with Crippen LogP contribution in [0.4, 0.5) is 0 Å². The van der Waals surface area contributed by atoms with Crippen LogP contribution in [-0.2, 0) is 0 Å². The van der Waals surface area contributed by atoms with Gasteiger partial charge in [-0.2, -0.15) is 5.10 Å². The lowest BCUT2D eigenvalue weighted by atomic mass is 10.1. The quantitative estimate of drug-likeness (QED) is 0.597. The summed E-state index contributed by atoms with van der Waals surface area (Å²) in [5, 5.41) is 4.73. The van der Waals surface area contributed by atoms with Crippen LogP contribution in [0.1, 0.15) is 46.1 Å². The first-order chi connectivity index (χ1) is 14.0. The van der Waals surface area contributed by atoms with Crippen LogP contribution in [0, 0.1) is 13.8 Å². The fourth-order valence-corrected chi connectivity index (χ4v) is 3.51. The van der Waals surface area contributed by atoms with Crippen LogP contribution in [0.25, 0.3) is 5.69 Å². The molecule has 0 atom stereocenters. The summed E-state index contributed by atoms with van der Waals surface area (Å²) >= 11 is 0. The molecule has 3 aromatic rings. The summed E-state index contributed by atoms with van der Waals surface area (Å²) in [7, 11) is 1.81. The molecule has 150 valence electrons. The summed E-state index contributed by atoms with van der Waals surface area (Å²) in [5.74, 6) is 1.29. The van der Waals surface area contributed by atoms with Gasteiger partial charge in [-0.05, 0) is 68.1 Å². The number of hydrogen-bond acceptors (Lipinski definition) is 3. The number of benzene rings is 2. The van der Waals surface area contributed by atoms with Crippen LogP contribution in [0.5, 0.6) is 5.75 Å². The first-order valence-electron chi connectivity index (χ1n) is 10.1. The van der Waals surface area contributed by atoms with Gasteiger partial charge in [0.05, 0.1) is 17.9 Å². The number of carbonyl (C=O) groups is 1. The number of hydrogen-bond donors (Lipinski definition) is 0. The van der Waals surface area contributed by atoms with Crippen LogP contribution in [0.2, 0.25) is 0 Å². The molecule has 1 aliphatic carbocycles. The fraction of sp³-hybridized carbons (Fsp3) is 0.333. The molecule has 0 aliphatic heterocycles. The van der Waals surface area contributed by atoms with Crippen molar-refractivity contribution in [3.63, 3.8) is 0 Å². The summed E-state index contributed by atoms with van der Waals surface area (Å²) in [6, 6.07) is 17.9. The van der Waals surface area contributed by atoms with Gasteiger partial charge in [-0.15, -0.1) is 0 Å². The Kier molecular flexibility index (Phi) is 5.38. The van der Waals surface area contributed by atoms with Crippen LogP contribution < -0.4 is 4.74 Å². The third-order valence-electron chi connectivity index (χ3n) is 5.18. The third-order valence-corrected chi connectivity index (χ3v) is 5.18. The number of aromatic nitrogens is 2. The van der Waals surface area contributed by atoms with E-state index in [0.717, 1.165) is 30.0 Å². The van der Waals surface area contributed by atoms with Gasteiger partial charge >= 0.3 is 0 Å². The summed E-state index contributed by atoms with van der Waals surface area (Å²) in [6.07, 6.45) is 2.30. The van der Waals surface area contributed by atoms with Crippen molar-refractivity contribution in [3.05, 3.63) is 77.1 Å². The number of carbonyl (C=O) groups excluding carboxylic acids is 1. The van der Waals surface area contributed by atoms with E-state index in [2.05, 4.69) is 19.9 Å². The van der Waals surface area contributed by atoms with Gasteiger partial charge in [0.2, 0.25) is 0 Å². The van der Waals surface area contributed by atoms with E-state index >= 15 is 0 Å². The molecule has 29 heavy (non-hydrogen) atoms. The van der Waals surface area contributed by atoms with Crippen LogP contribution in [-0.4, -0.2) is 40.8 Å². The number of aryl methyl sites for hydroxylation is 2. The van der Waals surface area contributed by atoms with Gasteiger partial charge in [-0.1, -0.05) is 24.3 Å². The monoisotopic (exact) mass is 389 g/mol. The van der Waals surface area contributed by atoms with Crippen molar-refractivity contribution < 1.29 is 9.53 Å². The van der Waals surface area contributed by atoms with E-state index in [9.17, 15) is 4.79 Å². The lowest BCUT2D eigenvalue weighted by Gasteiger charge is -2.18. The van der Waals surface area contributed by atoms with Gasteiger partial charge in [0, 0.05) is 13.0 Å². The topological polar surface area (TPSA) is 47.4 Å². The Morgan fingerprint density at radius 3 is 2.45 bits per heavy atom. The summed E-state index contributed by atoms with van der Waals surface area (Å²) < 4.78 is 7.65. The molecule has 5 nitrogen and oxygen atoms in total. The molecule has 0 radical (unpaired) electrons. The Balaban J connectivity index is 1.47. The van der Waals surface area contributed by atoms with E-state index in [0.29, 0.717) is 24.8 Å². The molecule has 1 aromatic heterocycles. The number of rotatable bonds is 7. The minimum atomic E-state index is -0.0442. The highest BCUT2D eigenvalue weighted by molar-refractivity contribution is 5.93. The van der Waals surface area contributed by atoms with Crippen LogP contribution in [0.3, 0.4) is 0 Å². The minimum absolute atomic E-state index is 0.0442. The molecule has 2 aromatic carbocycles. The van der Waals surface area contributed by atoms with Crippen molar-refractivity contribution in [1.29, 1.82) is 0 Å². The van der Waals surface area contributed by atoms with Crippen molar-refractivity contribution in [2.75, 3.05) is 20.2 Å². The maximum Gasteiger partial charge on any atom is 0.272 e. The Labute approximate surface area is 171 Å². The lowest BCUT2D eigenvalue weighted by molar-refractivity contribution is 0.0764. The second-order valence-corrected chi connectivity index (χ2v) is 7.87. The number of likely N-dealkylation sites (N-methyl/N-ethyl adjacent to an activating group) is 1. The van der Waals surface area contributed by atoms with Gasteiger partial charge in [-0.25, -0.2) is 4.68 Å². The van der Waals surface area contributed by atoms with E-state index in [4.69, 9.17) is 9.84 Å². The van der Waals surface area contributed by atoms with Crippen LogP contribution in [0.15, 0.2) is 54.6 Å². The van der Waals surface area contributed by atoms with Gasteiger partial charge in [0.1, 0.15) is 18.1 Å². The first kappa shape index (κ1) is 19.2. The molecular formula is C24H27N3O2. The predicted molar refractivity (Wildman–Crippen MR) is 114 cm³/mol. The zero-order valence-corrected chi connectivity index (χ0v) is 17.3. The minimum Gasteiger partial charge on any atom is -0.492 e. The highest BCUT2D eigenvalue weighted by Crippen LogP contribution is 2.39. The van der Waals surface area contributed by atoms with Crippen molar-refractivity contribution in [2.24, 2.45) is 0 Å². The molecule has 0 spiro atoms. The number of nitrogens with zero attached hydrogens (tertiary/aromatic N) is 3. The highest BCUT2D eigenvalue weighted by Gasteiger charge is 2.29. The molecule has 0 saturated heterocycles. The summed E-state index contributed by atoms with van der Waals surface area (Å²) in [4.78, 5) is 14.9. The molecule has 5 heteroatoms. The molecule has 1 saturated carbocycles. The maximum atomic E-state index is 13.2. The molecule has 1 aliphatic rings. The Morgan fingerprint density at radius 2 is 1.79 bits per heavy atom. The molecule has 0 bridgehead atoms. The number of para-hydroxylation sites is 1. The number of ether oxygens (including phenoxy) is 1. The normalized spacial score (nSPS) is 13.3. The van der Waals surface area contributed by atoms with E-state index in [-0.39, 0.29) is 5.91 Å². The fourth-order valence-electron chi connectivity index (χ4n) is 3.51. The second-order valence-electron chi connectivity index (χ2n) is 7.87. The van der Waals surface area contributed by atoms with E-state index in [1.165, 1.54) is 11.1 Å². The van der Waals surface area contributed by atoms with Gasteiger partial charge < -0.3 is 9.64 Å². The number of amides is 1. The predicted octanol–water partition coefficient (Wildman–Crippen LogP) is 4.52. The SMILES string of the molecule is Cc1cc(C)cc(OCCN(C)C(=O)c2cc(C3CC3)nn2-c2ccccc2)c1. The average Bonchev–Trinajstić information content (AvgIpc) is 3.46. The molecule has 4 rings (SSSR count). The van der Waals surface area contributed by atoms with Gasteiger partial charge in [-0.3, -0.25) is 4.79 Å². The summed E-state index contributed by atoms with van der Waals surface area (Å²) in [6.45, 7) is 5.06. The smallest absolute Gasteiger partial charge is 0.272 e. The Bertz CT molecular complexity index is 986. The molecule has 0 N–H and O–H groups in total. The standard InChI is InChI=1S/C24H27N3O2/c1-17-13-18(2)15-21(14-17)29-12-11-26(3)24(28)23-16-22(19-9-10-19)25-27(23)20-7-5-4-6-8-20/h4-8,13-16,19H,9-12H2,1-3H3. The average molecular weight is 389 g/mol. The molecule has 0 unspecified atom stereocenters. The lowest BCUT2D eigenvalue weighted by Crippen LogP contribution is -2.32. The van der Waals surface area contributed by atoms with Crippen molar-refractivity contribution >= 4 is 5.91 Å². The highest BCUT2D eigenvalue weighted by atomic mass is 16.5. The van der Waals surface area contributed by atoms with Crippen LogP contribution >= 0.6 is 0 Å². The van der Waals surface area contributed by atoms with E-state index in [1.54, 1.807) is 9.58 Å². The Hall–Kier alpha value is -3.08. The second kappa shape index (κ2) is 8.11. The molecule has 1 amide bonds. The largest absolute Gasteiger partial charge is 0.492 e. The Morgan fingerprint density at radius 1 is 1.10 bits per heavy atom. The molecule has 1 heterocycles. The first-order valence-corrected chi connectivity index (χ1v) is 10.1. The summed E-state index contributed by atoms with van der Waals surface area (Å²) in [5.41, 5.74) is 4.86. The zero-order valence-electron chi connectivity index (χ0n) is 17.3. The maximum absolute atomic E-state index is 13.2. The van der Waals surface area contributed by atoms with Crippen molar-refractivity contribution in [3.8, 4) is 11.4 Å². The van der Waals surface area contributed by atoms with E-state index in [1.807, 2.05) is 55.6 Å². The van der Waals surface area contributed by atoms with Gasteiger partial charge in [0.25, 0.3) is 5.91 Å². The van der Waals surface area contributed by atoms with Crippen molar-refractivity contribution in [2.45, 2.75) is 32.6 Å². The molecule has 1 fully saturated rings. The van der Waals surface area contributed by atoms with Crippen molar-refractivity contribution in [1.82, 2.24) is 14.7 Å². The van der Waals surface area contributed by atoms with E-state index < -0.39 is 0 Å². The van der Waals surface area contributed by atoms with Gasteiger partial charge in [0.15, 0.2) is 0 Å². The third kappa shape index (κ3) is 4.50. The zero-order chi connectivity index (χ0) is 20.4.